The van der Waals surface area contributed by atoms with Crippen molar-refractivity contribution in [1.82, 2.24) is 10.6 Å². The molecule has 0 saturated carbocycles. The first-order valence-electron chi connectivity index (χ1n) is 8.70. The second-order valence-electron chi connectivity index (χ2n) is 6.27. The van der Waals surface area contributed by atoms with Gasteiger partial charge in [0.15, 0.2) is 0 Å². The molecule has 0 fully saturated rings. The molecule has 0 aliphatic rings. The highest BCUT2D eigenvalue weighted by Crippen LogP contribution is 2.10. The molecule has 9 nitrogen and oxygen atoms in total. The number of nitriles is 1. The number of amides is 2. The molecule has 0 heterocycles. The van der Waals surface area contributed by atoms with E-state index in [2.05, 4.69) is 15.4 Å². The lowest BCUT2D eigenvalue weighted by Gasteiger charge is -2.26. The molecule has 0 unspecified atom stereocenters. The Kier molecular flexibility index (Phi) is 9.47. The van der Waals surface area contributed by atoms with Crippen LogP contribution in [0.15, 0.2) is 30.3 Å². The molecule has 1 rings (SSSR count). The Hall–Kier alpha value is -3.12. The van der Waals surface area contributed by atoms with Crippen molar-refractivity contribution in [2.45, 2.75) is 45.1 Å². The summed E-state index contributed by atoms with van der Waals surface area (Å²) < 4.78 is 9.69. The van der Waals surface area contributed by atoms with E-state index >= 15 is 0 Å². The fourth-order valence-electron chi connectivity index (χ4n) is 2.36. The normalized spacial score (nSPS) is 14.5. The standard InChI is InChI=1S/C19H25N3O6/c1-12(9-10-20)15(18(25)27-3)21-17(24)16(13(2)23)22-19(26)28-11-14-7-5-4-6-8-14/h4-8,12-13,15-16,23H,9,11H2,1-3H3,(H,21,24)(H,22,26)/t12-,13-,15+,16+/m1/s1. The van der Waals surface area contributed by atoms with Gasteiger partial charge in [-0.05, 0) is 12.5 Å². The summed E-state index contributed by atoms with van der Waals surface area (Å²) in [5.41, 5.74) is 0.756. The van der Waals surface area contributed by atoms with Crippen molar-refractivity contribution < 1.29 is 29.0 Å². The van der Waals surface area contributed by atoms with Crippen molar-refractivity contribution in [3.63, 3.8) is 0 Å². The van der Waals surface area contributed by atoms with E-state index in [1.165, 1.54) is 6.92 Å². The number of benzene rings is 1. The summed E-state index contributed by atoms with van der Waals surface area (Å²) in [5, 5.41) is 23.4. The van der Waals surface area contributed by atoms with E-state index in [1.54, 1.807) is 31.2 Å². The van der Waals surface area contributed by atoms with Gasteiger partial charge in [-0.3, -0.25) is 4.79 Å². The predicted octanol–water partition coefficient (Wildman–Crippen LogP) is 0.870. The quantitative estimate of drug-likeness (QED) is 0.531. The highest BCUT2D eigenvalue weighted by Gasteiger charge is 2.33. The van der Waals surface area contributed by atoms with Crippen molar-refractivity contribution in [3.8, 4) is 6.07 Å². The summed E-state index contributed by atoms with van der Waals surface area (Å²) in [6.45, 7) is 2.91. The third-order valence-electron chi connectivity index (χ3n) is 3.99. The van der Waals surface area contributed by atoms with Crippen molar-refractivity contribution in [3.05, 3.63) is 35.9 Å². The second kappa shape index (κ2) is 11.6. The molecular weight excluding hydrogens is 366 g/mol. The van der Waals surface area contributed by atoms with Crippen LogP contribution in [-0.4, -0.2) is 48.4 Å². The van der Waals surface area contributed by atoms with Crippen LogP contribution in [0.25, 0.3) is 0 Å². The Balaban J connectivity index is 2.74. The van der Waals surface area contributed by atoms with Crippen LogP contribution < -0.4 is 10.6 Å². The Morgan fingerprint density at radius 2 is 1.79 bits per heavy atom. The second-order valence-corrected chi connectivity index (χ2v) is 6.27. The zero-order valence-electron chi connectivity index (χ0n) is 16.0. The van der Waals surface area contributed by atoms with E-state index in [0.29, 0.717) is 0 Å². The molecule has 1 aromatic rings. The fraction of sp³-hybridized carbons (Fsp3) is 0.474. The fourth-order valence-corrected chi connectivity index (χ4v) is 2.36. The van der Waals surface area contributed by atoms with Crippen LogP contribution in [-0.2, 0) is 25.7 Å². The summed E-state index contributed by atoms with van der Waals surface area (Å²) in [6, 6.07) is 8.40. The molecule has 9 heteroatoms. The van der Waals surface area contributed by atoms with Crippen LogP contribution in [0.5, 0.6) is 0 Å². The van der Waals surface area contributed by atoms with E-state index in [9.17, 15) is 19.5 Å². The number of aliphatic hydroxyl groups excluding tert-OH is 1. The Morgan fingerprint density at radius 3 is 2.32 bits per heavy atom. The third kappa shape index (κ3) is 7.25. The van der Waals surface area contributed by atoms with Gasteiger partial charge in [0.25, 0.3) is 0 Å². The zero-order chi connectivity index (χ0) is 21.1. The number of alkyl carbamates (subject to hydrolysis) is 1. The van der Waals surface area contributed by atoms with Gasteiger partial charge in [0.05, 0.1) is 19.3 Å². The minimum absolute atomic E-state index is 0.00589. The van der Waals surface area contributed by atoms with Crippen LogP contribution in [0.2, 0.25) is 0 Å². The number of carbonyl (C=O) groups excluding carboxylic acids is 3. The van der Waals surface area contributed by atoms with Gasteiger partial charge in [-0.15, -0.1) is 0 Å². The molecular formula is C19H25N3O6. The van der Waals surface area contributed by atoms with Crippen LogP contribution in [0.1, 0.15) is 25.8 Å². The first kappa shape index (κ1) is 22.9. The maximum atomic E-state index is 12.5. The number of methoxy groups -OCH3 is 1. The van der Waals surface area contributed by atoms with E-state index in [-0.39, 0.29) is 13.0 Å². The average molecular weight is 391 g/mol. The molecule has 152 valence electrons. The third-order valence-corrected chi connectivity index (χ3v) is 3.99. The summed E-state index contributed by atoms with van der Waals surface area (Å²) in [6.07, 6.45) is -2.15. The maximum Gasteiger partial charge on any atom is 0.408 e. The van der Waals surface area contributed by atoms with Gasteiger partial charge in [0, 0.05) is 12.3 Å². The molecule has 0 aromatic heterocycles. The summed E-state index contributed by atoms with van der Waals surface area (Å²) in [4.78, 5) is 36.4. The minimum atomic E-state index is -1.36. The number of nitrogens with one attached hydrogen (secondary N) is 2. The lowest BCUT2D eigenvalue weighted by molar-refractivity contribution is -0.147. The van der Waals surface area contributed by atoms with E-state index in [1.807, 2.05) is 12.1 Å². The van der Waals surface area contributed by atoms with Crippen molar-refractivity contribution in [2.75, 3.05) is 7.11 Å². The molecule has 4 atom stereocenters. The van der Waals surface area contributed by atoms with Gasteiger partial charge in [-0.25, -0.2) is 9.59 Å². The van der Waals surface area contributed by atoms with E-state index in [4.69, 9.17) is 10.00 Å². The van der Waals surface area contributed by atoms with Crippen molar-refractivity contribution in [2.24, 2.45) is 5.92 Å². The van der Waals surface area contributed by atoms with E-state index < -0.39 is 42.1 Å². The van der Waals surface area contributed by atoms with Gasteiger partial charge in [-0.2, -0.15) is 5.26 Å². The molecule has 0 aliphatic carbocycles. The van der Waals surface area contributed by atoms with Gasteiger partial charge in [0.2, 0.25) is 5.91 Å². The highest BCUT2D eigenvalue weighted by molar-refractivity contribution is 5.90. The number of hydrogen-bond acceptors (Lipinski definition) is 7. The molecule has 0 spiro atoms. The smallest absolute Gasteiger partial charge is 0.408 e. The topological polar surface area (TPSA) is 138 Å². The number of nitrogens with zero attached hydrogens (tertiary/aromatic N) is 1. The largest absolute Gasteiger partial charge is 0.467 e. The molecule has 28 heavy (non-hydrogen) atoms. The number of esters is 1. The van der Waals surface area contributed by atoms with Crippen LogP contribution >= 0.6 is 0 Å². The number of rotatable bonds is 9. The van der Waals surface area contributed by atoms with Crippen LogP contribution in [0.4, 0.5) is 4.79 Å². The highest BCUT2D eigenvalue weighted by atomic mass is 16.5. The molecule has 0 aliphatic heterocycles. The van der Waals surface area contributed by atoms with Crippen molar-refractivity contribution in [1.29, 1.82) is 5.26 Å². The van der Waals surface area contributed by atoms with Crippen LogP contribution in [0.3, 0.4) is 0 Å². The Bertz CT molecular complexity index is 701. The van der Waals surface area contributed by atoms with Crippen molar-refractivity contribution >= 4 is 18.0 Å². The monoisotopic (exact) mass is 391 g/mol. The molecule has 2 amide bonds. The number of hydrogen-bond donors (Lipinski definition) is 3. The van der Waals surface area contributed by atoms with E-state index in [0.717, 1.165) is 12.7 Å². The molecule has 3 N–H and O–H groups in total. The number of carbonyl (C=O) groups is 3. The molecule has 1 aromatic carbocycles. The SMILES string of the molecule is COC(=O)[C@@H](NC(=O)[C@@H](NC(=O)OCc1ccccc1)[C@@H](C)O)[C@H](C)CC#N. The first-order valence-corrected chi connectivity index (χ1v) is 8.70. The van der Waals surface area contributed by atoms with Gasteiger partial charge in [-0.1, -0.05) is 37.3 Å². The first-order chi connectivity index (χ1) is 13.3. The zero-order valence-corrected chi connectivity index (χ0v) is 16.0. The Morgan fingerprint density at radius 1 is 1.14 bits per heavy atom. The summed E-state index contributed by atoms with van der Waals surface area (Å²) in [7, 11) is 1.16. The van der Waals surface area contributed by atoms with Crippen LogP contribution in [0, 0.1) is 17.2 Å². The average Bonchev–Trinajstić information content (AvgIpc) is 2.68. The minimum Gasteiger partial charge on any atom is -0.467 e. The molecule has 0 saturated heterocycles. The van der Waals surface area contributed by atoms with Gasteiger partial charge < -0.3 is 25.2 Å². The predicted molar refractivity (Wildman–Crippen MR) is 98.6 cm³/mol. The lowest BCUT2D eigenvalue weighted by atomic mass is 9.98. The Labute approximate surface area is 163 Å². The number of ether oxygens (including phenoxy) is 2. The summed E-state index contributed by atoms with van der Waals surface area (Å²) >= 11 is 0. The molecule has 0 bridgehead atoms. The number of aliphatic hydroxyl groups is 1. The lowest BCUT2D eigenvalue weighted by Crippen LogP contribution is -2.57. The maximum absolute atomic E-state index is 12.5. The van der Waals surface area contributed by atoms with Gasteiger partial charge in [0.1, 0.15) is 18.7 Å². The van der Waals surface area contributed by atoms with Gasteiger partial charge >= 0.3 is 12.1 Å². The summed E-state index contributed by atoms with van der Waals surface area (Å²) in [5.74, 6) is -2.06. The molecule has 0 radical (unpaired) electrons.